The first kappa shape index (κ1) is 11.4. The molecule has 0 spiro atoms. The van der Waals surface area contributed by atoms with Crippen molar-refractivity contribution in [3.05, 3.63) is 0 Å². The molecule has 0 rings (SSSR count). The molecule has 0 aliphatic heterocycles. The molecule has 0 aliphatic carbocycles. The maximum atomic E-state index is 12.5. The molecule has 3 nitrogen and oxygen atoms in total. The highest BCUT2D eigenvalue weighted by Crippen LogP contribution is 2.09. The molecule has 0 aromatic carbocycles. The van der Waals surface area contributed by atoms with Crippen molar-refractivity contribution >= 4 is 5.97 Å². The Morgan fingerprint density at radius 3 is 2.17 bits per heavy atom. The molecular formula is C8H16FNO2. The van der Waals surface area contributed by atoms with Crippen LogP contribution < -0.4 is 5.73 Å². The van der Waals surface area contributed by atoms with Crippen LogP contribution in [0, 0.1) is 0 Å². The maximum absolute atomic E-state index is 12.5. The summed E-state index contributed by atoms with van der Waals surface area (Å²) in [5, 5.41) is 0. The summed E-state index contributed by atoms with van der Waals surface area (Å²) < 4.78 is 17.4. The van der Waals surface area contributed by atoms with Gasteiger partial charge in [0.15, 0.2) is 0 Å². The first-order valence-electron chi connectivity index (χ1n) is 3.86. The van der Waals surface area contributed by atoms with Crippen molar-refractivity contribution in [2.75, 3.05) is 0 Å². The predicted octanol–water partition coefficient (Wildman–Crippen LogP) is 1.01. The number of hydrogen-bond acceptors (Lipinski definition) is 3. The van der Waals surface area contributed by atoms with E-state index in [2.05, 4.69) is 0 Å². The average molecular weight is 177 g/mol. The first-order chi connectivity index (χ1) is 5.24. The van der Waals surface area contributed by atoms with Crippen LogP contribution in [0.25, 0.3) is 0 Å². The number of nitrogens with two attached hydrogens (primary N) is 1. The van der Waals surface area contributed by atoms with Crippen LogP contribution in [-0.2, 0) is 9.53 Å². The number of hydrogen-bond donors (Lipinski definition) is 1. The zero-order valence-corrected chi connectivity index (χ0v) is 7.93. The fraction of sp³-hybridized carbons (Fsp3) is 0.875. The smallest absolute Gasteiger partial charge is 0.326 e. The third-order valence-corrected chi connectivity index (χ3v) is 1.17. The monoisotopic (exact) mass is 177 g/mol. The molecule has 2 N–H and O–H groups in total. The molecular weight excluding hydrogens is 161 g/mol. The van der Waals surface area contributed by atoms with Crippen molar-refractivity contribution in [1.29, 1.82) is 0 Å². The molecule has 0 saturated heterocycles. The van der Waals surface area contributed by atoms with Crippen LogP contribution in [0.1, 0.15) is 27.7 Å². The van der Waals surface area contributed by atoms with E-state index in [-0.39, 0.29) is 0 Å². The SMILES string of the molecule is C[C@H](F)[C@@H](N)C(=O)OC(C)(C)C. The number of esters is 1. The van der Waals surface area contributed by atoms with Gasteiger partial charge >= 0.3 is 5.97 Å². The van der Waals surface area contributed by atoms with E-state index in [0.29, 0.717) is 0 Å². The Balaban J connectivity index is 4.05. The summed E-state index contributed by atoms with van der Waals surface area (Å²) in [4.78, 5) is 11.0. The minimum Gasteiger partial charge on any atom is -0.459 e. The van der Waals surface area contributed by atoms with Crippen molar-refractivity contribution in [2.24, 2.45) is 5.73 Å². The van der Waals surface area contributed by atoms with Crippen molar-refractivity contribution < 1.29 is 13.9 Å². The molecule has 0 aromatic heterocycles. The van der Waals surface area contributed by atoms with E-state index in [1.54, 1.807) is 20.8 Å². The van der Waals surface area contributed by atoms with Crippen LogP contribution in [0.2, 0.25) is 0 Å². The number of carbonyl (C=O) groups is 1. The highest BCUT2D eigenvalue weighted by atomic mass is 19.1. The van der Waals surface area contributed by atoms with E-state index < -0.39 is 23.8 Å². The van der Waals surface area contributed by atoms with E-state index >= 15 is 0 Å². The number of rotatable bonds is 2. The van der Waals surface area contributed by atoms with Gasteiger partial charge in [-0.1, -0.05) is 0 Å². The molecule has 12 heavy (non-hydrogen) atoms. The number of alkyl halides is 1. The van der Waals surface area contributed by atoms with Crippen molar-refractivity contribution in [3.8, 4) is 0 Å². The minimum atomic E-state index is -1.38. The topological polar surface area (TPSA) is 52.3 Å². The van der Waals surface area contributed by atoms with Gasteiger partial charge in [0, 0.05) is 0 Å². The van der Waals surface area contributed by atoms with Gasteiger partial charge in [-0.3, -0.25) is 4.79 Å². The molecule has 72 valence electrons. The lowest BCUT2D eigenvalue weighted by Crippen LogP contribution is -2.42. The summed E-state index contributed by atoms with van der Waals surface area (Å²) in [6.45, 7) is 6.36. The Hall–Kier alpha value is -0.640. The average Bonchev–Trinajstić information content (AvgIpc) is 1.82. The van der Waals surface area contributed by atoms with Crippen LogP contribution in [0.4, 0.5) is 4.39 Å². The van der Waals surface area contributed by atoms with E-state index in [9.17, 15) is 9.18 Å². The van der Waals surface area contributed by atoms with Crippen LogP contribution in [0.5, 0.6) is 0 Å². The van der Waals surface area contributed by atoms with Gasteiger partial charge in [0.05, 0.1) is 0 Å². The molecule has 4 heteroatoms. The zero-order valence-electron chi connectivity index (χ0n) is 7.93. The normalized spacial score (nSPS) is 16.8. The minimum absolute atomic E-state index is 0.608. The summed E-state index contributed by atoms with van der Waals surface area (Å²) in [6, 6.07) is -1.18. The third-order valence-electron chi connectivity index (χ3n) is 1.17. The number of carbonyl (C=O) groups excluding carboxylic acids is 1. The standard InChI is InChI=1S/C8H16FNO2/c1-5(9)6(10)7(11)12-8(2,3)4/h5-6H,10H2,1-4H3/t5-,6+/m0/s1. The van der Waals surface area contributed by atoms with Crippen LogP contribution in [0.3, 0.4) is 0 Å². The zero-order chi connectivity index (χ0) is 9.94. The summed E-state index contributed by atoms with van der Waals surface area (Å²) >= 11 is 0. The number of ether oxygens (including phenoxy) is 1. The largest absolute Gasteiger partial charge is 0.459 e. The first-order valence-corrected chi connectivity index (χ1v) is 3.86. The molecule has 0 heterocycles. The van der Waals surface area contributed by atoms with E-state index in [4.69, 9.17) is 10.5 Å². The summed E-state index contributed by atoms with van der Waals surface area (Å²) in [6.07, 6.45) is -1.38. The third kappa shape index (κ3) is 4.28. The second kappa shape index (κ2) is 3.85. The fourth-order valence-corrected chi connectivity index (χ4v) is 0.557. The van der Waals surface area contributed by atoms with Gasteiger partial charge < -0.3 is 10.5 Å². The Kier molecular flexibility index (Phi) is 3.64. The summed E-state index contributed by atoms with van der Waals surface area (Å²) in [7, 11) is 0. The molecule has 0 radical (unpaired) electrons. The highest BCUT2D eigenvalue weighted by Gasteiger charge is 2.26. The fourth-order valence-electron chi connectivity index (χ4n) is 0.557. The van der Waals surface area contributed by atoms with Gasteiger partial charge in [0.2, 0.25) is 0 Å². The van der Waals surface area contributed by atoms with Crippen LogP contribution in [-0.4, -0.2) is 23.8 Å². The Morgan fingerprint density at radius 1 is 1.50 bits per heavy atom. The lowest BCUT2D eigenvalue weighted by molar-refractivity contribution is -0.157. The summed E-state index contributed by atoms with van der Waals surface area (Å²) in [5.74, 6) is -0.697. The highest BCUT2D eigenvalue weighted by molar-refractivity contribution is 5.76. The Labute approximate surface area is 72.1 Å². The van der Waals surface area contributed by atoms with E-state index in [1.165, 1.54) is 6.92 Å². The van der Waals surface area contributed by atoms with Gasteiger partial charge in [0.1, 0.15) is 17.8 Å². The van der Waals surface area contributed by atoms with Crippen molar-refractivity contribution in [1.82, 2.24) is 0 Å². The van der Waals surface area contributed by atoms with Crippen molar-refractivity contribution in [3.63, 3.8) is 0 Å². The second-order valence-corrected chi connectivity index (χ2v) is 3.74. The molecule has 2 atom stereocenters. The van der Waals surface area contributed by atoms with E-state index in [1.807, 2.05) is 0 Å². The summed E-state index contributed by atoms with van der Waals surface area (Å²) in [5.41, 5.74) is 4.61. The van der Waals surface area contributed by atoms with Crippen LogP contribution in [0.15, 0.2) is 0 Å². The van der Waals surface area contributed by atoms with E-state index in [0.717, 1.165) is 0 Å². The van der Waals surface area contributed by atoms with Crippen molar-refractivity contribution in [2.45, 2.75) is 45.5 Å². The predicted molar refractivity (Wildman–Crippen MR) is 44.4 cm³/mol. The quantitative estimate of drug-likeness (QED) is 0.640. The maximum Gasteiger partial charge on any atom is 0.326 e. The molecule has 0 bridgehead atoms. The lowest BCUT2D eigenvalue weighted by atomic mass is 10.1. The number of halogens is 1. The van der Waals surface area contributed by atoms with Gasteiger partial charge in [-0.2, -0.15) is 0 Å². The molecule has 0 amide bonds. The Morgan fingerprint density at radius 2 is 1.92 bits per heavy atom. The lowest BCUT2D eigenvalue weighted by Gasteiger charge is -2.22. The van der Waals surface area contributed by atoms with Crippen LogP contribution >= 0.6 is 0 Å². The van der Waals surface area contributed by atoms with Gasteiger partial charge in [0.25, 0.3) is 0 Å². The molecule has 0 unspecified atom stereocenters. The Bertz CT molecular complexity index is 163. The molecule has 0 fully saturated rings. The molecule has 0 aliphatic rings. The molecule has 0 saturated carbocycles. The second-order valence-electron chi connectivity index (χ2n) is 3.74. The molecule has 0 aromatic rings. The van der Waals surface area contributed by atoms with Gasteiger partial charge in [-0.15, -0.1) is 0 Å². The van der Waals surface area contributed by atoms with Gasteiger partial charge in [-0.05, 0) is 27.7 Å². The van der Waals surface area contributed by atoms with Gasteiger partial charge in [-0.25, -0.2) is 4.39 Å².